The summed E-state index contributed by atoms with van der Waals surface area (Å²) in [6, 6.07) is 0. The van der Waals surface area contributed by atoms with Crippen molar-refractivity contribution in [2.24, 2.45) is 0 Å². The average molecular weight is 306 g/mol. The maximum Gasteiger partial charge on any atom is 0.412 e. The van der Waals surface area contributed by atoms with Gasteiger partial charge in [0.25, 0.3) is 5.91 Å². The first kappa shape index (κ1) is 15.9. The van der Waals surface area contributed by atoms with Crippen LogP contribution < -0.4 is 5.32 Å². The molecule has 1 spiro atoms. The van der Waals surface area contributed by atoms with Crippen LogP contribution in [0.2, 0.25) is 0 Å². The highest BCUT2D eigenvalue weighted by Gasteiger charge is 2.54. The number of carbonyl (C=O) groups is 2. The maximum atomic E-state index is 13.5. The van der Waals surface area contributed by atoms with Gasteiger partial charge in [-0.2, -0.15) is 8.78 Å². The monoisotopic (exact) mass is 306 g/mol. The van der Waals surface area contributed by atoms with Crippen molar-refractivity contribution in [2.75, 3.05) is 19.8 Å². The van der Waals surface area contributed by atoms with Crippen LogP contribution in [-0.4, -0.2) is 53.8 Å². The van der Waals surface area contributed by atoms with E-state index < -0.39 is 35.5 Å². The van der Waals surface area contributed by atoms with Gasteiger partial charge in [-0.15, -0.1) is 0 Å². The number of alkyl halides is 2. The molecule has 1 N–H and O–H groups in total. The van der Waals surface area contributed by atoms with Gasteiger partial charge in [-0.3, -0.25) is 9.69 Å². The Morgan fingerprint density at radius 3 is 2.57 bits per heavy atom. The van der Waals surface area contributed by atoms with Crippen LogP contribution in [-0.2, 0) is 14.3 Å². The van der Waals surface area contributed by atoms with Gasteiger partial charge in [0.1, 0.15) is 12.3 Å². The summed E-state index contributed by atoms with van der Waals surface area (Å²) in [5.41, 5.74) is -1.74. The second-order valence-corrected chi connectivity index (χ2v) is 6.51. The Hall–Kier alpha value is -1.44. The van der Waals surface area contributed by atoms with E-state index in [9.17, 15) is 18.4 Å². The van der Waals surface area contributed by atoms with Gasteiger partial charge in [-0.05, 0) is 27.2 Å². The third-order valence-electron chi connectivity index (χ3n) is 3.46. The van der Waals surface area contributed by atoms with E-state index in [2.05, 4.69) is 5.32 Å². The van der Waals surface area contributed by atoms with E-state index in [0.29, 0.717) is 0 Å². The molecular formula is C13H20F2N2O4. The van der Waals surface area contributed by atoms with Gasteiger partial charge >= 0.3 is 12.0 Å². The zero-order valence-corrected chi connectivity index (χ0v) is 12.4. The van der Waals surface area contributed by atoms with Crippen molar-refractivity contribution in [2.45, 2.75) is 50.7 Å². The van der Waals surface area contributed by atoms with E-state index in [1.165, 1.54) is 4.90 Å². The van der Waals surface area contributed by atoms with Crippen LogP contribution in [0.4, 0.5) is 13.6 Å². The summed E-state index contributed by atoms with van der Waals surface area (Å²) in [7, 11) is 0. The van der Waals surface area contributed by atoms with E-state index in [0.717, 1.165) is 0 Å². The van der Waals surface area contributed by atoms with Gasteiger partial charge < -0.3 is 14.8 Å². The van der Waals surface area contributed by atoms with Crippen molar-refractivity contribution in [1.29, 1.82) is 0 Å². The Kier molecular flexibility index (Phi) is 3.86. The van der Waals surface area contributed by atoms with Gasteiger partial charge in [0, 0.05) is 13.1 Å². The van der Waals surface area contributed by atoms with Gasteiger partial charge in [0.05, 0.1) is 12.0 Å². The lowest BCUT2D eigenvalue weighted by atomic mass is 9.87. The van der Waals surface area contributed by atoms with Crippen molar-refractivity contribution in [1.82, 2.24) is 10.2 Å². The molecule has 2 amide bonds. The quantitative estimate of drug-likeness (QED) is 0.736. The molecule has 2 aliphatic heterocycles. The molecule has 0 aromatic rings. The van der Waals surface area contributed by atoms with E-state index in [-0.39, 0.29) is 26.2 Å². The number of halogens is 2. The van der Waals surface area contributed by atoms with Crippen molar-refractivity contribution in [3.8, 4) is 0 Å². The normalized spacial score (nSPS) is 29.2. The molecule has 0 aromatic carbocycles. The second kappa shape index (κ2) is 5.08. The molecule has 2 aliphatic rings. The molecule has 2 saturated heterocycles. The molecular weight excluding hydrogens is 286 g/mol. The molecule has 0 saturated carbocycles. The van der Waals surface area contributed by atoms with Crippen LogP contribution in [0.5, 0.6) is 0 Å². The number of ether oxygens (including phenoxy) is 2. The highest BCUT2D eigenvalue weighted by atomic mass is 19.3. The predicted molar refractivity (Wildman–Crippen MR) is 68.8 cm³/mol. The fraction of sp³-hybridized carbons (Fsp3) is 0.846. The number of hydrogen-bond acceptors (Lipinski definition) is 4. The molecule has 1 unspecified atom stereocenters. The van der Waals surface area contributed by atoms with E-state index >= 15 is 0 Å². The molecule has 0 aromatic heterocycles. The van der Waals surface area contributed by atoms with Gasteiger partial charge in [-0.1, -0.05) is 0 Å². The molecule has 1 atom stereocenters. The number of piperidine rings is 1. The zero-order chi connectivity index (χ0) is 15.9. The fourth-order valence-corrected chi connectivity index (χ4v) is 2.36. The second-order valence-electron chi connectivity index (χ2n) is 6.51. The molecule has 2 fully saturated rings. The Morgan fingerprint density at radius 1 is 1.43 bits per heavy atom. The summed E-state index contributed by atoms with van der Waals surface area (Å²) in [6.45, 7) is 5.39. The Labute approximate surface area is 121 Å². The summed E-state index contributed by atoms with van der Waals surface area (Å²) in [5.74, 6) is -4.71. The molecule has 0 radical (unpaired) electrons. The first-order valence-corrected chi connectivity index (χ1v) is 6.81. The number of hydrogen-bond donors (Lipinski definition) is 1. The highest BCUT2D eigenvalue weighted by molar-refractivity contribution is 5.84. The van der Waals surface area contributed by atoms with Crippen molar-refractivity contribution < 1.29 is 27.8 Å². The number of rotatable bonds is 0. The third kappa shape index (κ3) is 3.61. The van der Waals surface area contributed by atoms with Crippen molar-refractivity contribution in [3.63, 3.8) is 0 Å². The molecule has 6 nitrogen and oxygen atoms in total. The van der Waals surface area contributed by atoms with E-state index in [1.807, 2.05) is 0 Å². The molecule has 21 heavy (non-hydrogen) atoms. The van der Waals surface area contributed by atoms with Gasteiger partial charge in [-0.25, -0.2) is 4.79 Å². The Morgan fingerprint density at radius 2 is 2.10 bits per heavy atom. The predicted octanol–water partition coefficient (Wildman–Crippen LogP) is 1.50. The third-order valence-corrected chi connectivity index (χ3v) is 3.46. The minimum absolute atomic E-state index is 0.0313. The minimum atomic E-state index is -3.44. The molecule has 8 heteroatoms. The molecule has 120 valence electrons. The highest BCUT2D eigenvalue weighted by Crippen LogP contribution is 2.37. The fourth-order valence-electron chi connectivity index (χ4n) is 2.36. The number of nitrogens with one attached hydrogen (secondary N) is 1. The van der Waals surface area contributed by atoms with Gasteiger partial charge in [0.15, 0.2) is 0 Å². The van der Waals surface area contributed by atoms with Crippen LogP contribution in [0, 0.1) is 0 Å². The standard InChI is InChI=1S/C13H20F2N2O4/c1-11(2,3)21-10(19)17-5-4-12(20-8-17)6-13(14,15)9(18)16-7-12/h4-8H2,1-3H3,(H,16,18). The van der Waals surface area contributed by atoms with Crippen LogP contribution in [0.15, 0.2) is 0 Å². The van der Waals surface area contributed by atoms with Crippen molar-refractivity contribution >= 4 is 12.0 Å². The topological polar surface area (TPSA) is 67.9 Å². The van der Waals surface area contributed by atoms with Crippen LogP contribution in [0.25, 0.3) is 0 Å². The summed E-state index contributed by atoms with van der Waals surface area (Å²) in [6.07, 6.45) is -0.972. The molecule has 0 aliphatic carbocycles. The number of carbonyl (C=O) groups excluding carboxylic acids is 2. The summed E-state index contributed by atoms with van der Waals surface area (Å²) < 4.78 is 37.7. The van der Waals surface area contributed by atoms with Gasteiger partial charge in [0.2, 0.25) is 0 Å². The van der Waals surface area contributed by atoms with E-state index in [1.54, 1.807) is 20.8 Å². The number of nitrogens with zero attached hydrogens (tertiary/aromatic N) is 1. The summed E-state index contributed by atoms with van der Waals surface area (Å²) in [5, 5.41) is 2.17. The lowest BCUT2D eigenvalue weighted by Crippen LogP contribution is -2.63. The average Bonchev–Trinajstić information content (AvgIpc) is 2.33. The maximum absolute atomic E-state index is 13.5. The van der Waals surface area contributed by atoms with Crippen LogP contribution >= 0.6 is 0 Å². The molecule has 0 bridgehead atoms. The Balaban J connectivity index is 1.94. The van der Waals surface area contributed by atoms with Crippen LogP contribution in [0.3, 0.4) is 0 Å². The lowest BCUT2D eigenvalue weighted by molar-refractivity contribution is -0.195. The Bertz CT molecular complexity index is 440. The summed E-state index contributed by atoms with van der Waals surface area (Å²) in [4.78, 5) is 24.3. The smallest absolute Gasteiger partial charge is 0.412 e. The molecule has 2 heterocycles. The zero-order valence-electron chi connectivity index (χ0n) is 12.4. The van der Waals surface area contributed by atoms with Crippen LogP contribution in [0.1, 0.15) is 33.6 Å². The SMILES string of the molecule is CC(C)(C)OC(=O)N1CCC2(CNC(=O)C(F)(F)C2)OC1. The number of amides is 2. The largest absolute Gasteiger partial charge is 0.444 e. The first-order chi connectivity index (χ1) is 9.53. The summed E-state index contributed by atoms with van der Waals surface area (Å²) >= 11 is 0. The lowest BCUT2D eigenvalue weighted by Gasteiger charge is -2.45. The first-order valence-electron chi connectivity index (χ1n) is 6.81. The minimum Gasteiger partial charge on any atom is -0.444 e. The van der Waals surface area contributed by atoms with Crippen molar-refractivity contribution in [3.05, 3.63) is 0 Å². The van der Waals surface area contributed by atoms with E-state index in [4.69, 9.17) is 9.47 Å². The molecule has 2 rings (SSSR count).